The van der Waals surface area contributed by atoms with Crippen molar-refractivity contribution in [2.75, 3.05) is 13.2 Å². The first-order valence-corrected chi connectivity index (χ1v) is 14.2. The Kier molecular flexibility index (Phi) is 8.01. The summed E-state index contributed by atoms with van der Waals surface area (Å²) in [4.78, 5) is 31.1. The highest BCUT2D eigenvalue weighted by atomic mass is 32.1. The van der Waals surface area contributed by atoms with Crippen molar-refractivity contribution < 1.29 is 27.5 Å². The Hall–Kier alpha value is -3.24. The molecule has 2 aliphatic rings. The molecule has 0 bridgehead atoms. The van der Waals surface area contributed by atoms with Gasteiger partial charge in [0.05, 0.1) is 30.7 Å². The van der Waals surface area contributed by atoms with Crippen LogP contribution in [0, 0.1) is 12.8 Å². The fourth-order valence-electron chi connectivity index (χ4n) is 4.96. The fourth-order valence-corrected chi connectivity index (χ4v) is 6.00. The number of hydrogen-bond donors (Lipinski definition) is 1. The smallest absolute Gasteiger partial charge is 0.263 e. The summed E-state index contributed by atoms with van der Waals surface area (Å²) in [5.74, 6) is -3.17. The molecule has 1 fully saturated rings. The molecule has 2 aromatic carbocycles. The Morgan fingerprint density at radius 1 is 1.23 bits per heavy atom. The van der Waals surface area contributed by atoms with Gasteiger partial charge in [-0.15, -0.1) is 11.3 Å². The van der Waals surface area contributed by atoms with Crippen molar-refractivity contribution in [3.8, 4) is 5.75 Å². The van der Waals surface area contributed by atoms with Gasteiger partial charge in [-0.3, -0.25) is 14.5 Å². The van der Waals surface area contributed by atoms with Gasteiger partial charge in [0.2, 0.25) is 0 Å². The van der Waals surface area contributed by atoms with Gasteiger partial charge in [-0.25, -0.2) is 18.2 Å². The van der Waals surface area contributed by atoms with Gasteiger partial charge in [0.25, 0.3) is 11.8 Å². The minimum absolute atomic E-state index is 0.00426. The Morgan fingerprint density at radius 2 is 1.95 bits per heavy atom. The number of rotatable bonds is 10. The molecule has 6 nitrogen and oxygen atoms in total. The van der Waals surface area contributed by atoms with Gasteiger partial charge < -0.3 is 10.1 Å². The van der Waals surface area contributed by atoms with Gasteiger partial charge in [-0.1, -0.05) is 30.3 Å². The summed E-state index contributed by atoms with van der Waals surface area (Å²) in [5.41, 5.74) is 3.99. The minimum atomic E-state index is -2.63. The largest absolute Gasteiger partial charge is 0.493 e. The minimum Gasteiger partial charge on any atom is -0.493 e. The maximum absolute atomic E-state index is 15.1. The van der Waals surface area contributed by atoms with Crippen molar-refractivity contribution >= 4 is 23.0 Å². The summed E-state index contributed by atoms with van der Waals surface area (Å²) in [6.45, 7) is 6.48. The summed E-state index contributed by atoms with van der Waals surface area (Å²) in [6, 6.07) is 12.8. The van der Waals surface area contributed by atoms with E-state index in [1.807, 2.05) is 42.2 Å². The van der Waals surface area contributed by atoms with Crippen LogP contribution in [0.4, 0.5) is 13.2 Å². The van der Waals surface area contributed by atoms with E-state index >= 15 is 4.39 Å². The number of thiazole rings is 1. The number of aryl methyl sites for hydroxylation is 1. The summed E-state index contributed by atoms with van der Waals surface area (Å²) in [5, 5.41) is 3.64. The van der Waals surface area contributed by atoms with E-state index in [0.29, 0.717) is 40.0 Å². The van der Waals surface area contributed by atoms with Crippen molar-refractivity contribution in [1.82, 2.24) is 15.2 Å². The van der Waals surface area contributed by atoms with Crippen LogP contribution in [0.15, 0.2) is 42.5 Å². The molecule has 212 valence electrons. The summed E-state index contributed by atoms with van der Waals surface area (Å²) in [7, 11) is 0. The zero-order chi connectivity index (χ0) is 28.6. The number of carbonyl (C=O) groups excluding carboxylic acids is 2. The molecule has 5 rings (SSSR count). The molecule has 10 heteroatoms. The highest BCUT2D eigenvalue weighted by molar-refractivity contribution is 7.13. The van der Waals surface area contributed by atoms with Crippen LogP contribution in [0.3, 0.4) is 0 Å². The fraction of sp³-hybridized carbons (Fsp3) is 0.433. The van der Waals surface area contributed by atoms with Gasteiger partial charge in [-0.2, -0.15) is 0 Å². The molecule has 0 saturated heterocycles. The number of ether oxygens (including phenoxy) is 1. The predicted octanol–water partition coefficient (Wildman–Crippen LogP) is 6.13. The van der Waals surface area contributed by atoms with Crippen molar-refractivity contribution in [3.05, 3.63) is 80.3 Å². The summed E-state index contributed by atoms with van der Waals surface area (Å²) >= 11 is 1.24. The van der Waals surface area contributed by atoms with Gasteiger partial charge in [-0.05, 0) is 55.2 Å². The molecule has 1 N–H and O–H groups in total. The van der Waals surface area contributed by atoms with Crippen LogP contribution in [0.1, 0.15) is 75.1 Å². The molecule has 3 atom stereocenters. The number of halogens is 3. The lowest BCUT2D eigenvalue weighted by molar-refractivity contribution is -0.116. The average molecular weight is 572 g/mol. The number of carbonyl (C=O) groups is 2. The van der Waals surface area contributed by atoms with Crippen molar-refractivity contribution in [3.63, 3.8) is 0 Å². The van der Waals surface area contributed by atoms with Crippen LogP contribution in [0.25, 0.3) is 0 Å². The molecular weight excluding hydrogens is 539 g/mol. The number of ketones is 1. The standard InChI is InChI=1S/C30H32F3N3O3S/c1-17(37)10-27-34-19(3)28(40-27)29(38)35-18(2)21-6-4-20(5-7-21)13-36-14-22-8-9-24(11-25(22)26(31)15-36)39-16-23-12-30(23,32)33/h4-9,11,18,23,26H,10,12-16H2,1-3H3,(H,35,38)/t18-,23?,26?/m0/s1. The lowest BCUT2D eigenvalue weighted by Crippen LogP contribution is -2.31. The lowest BCUT2D eigenvalue weighted by atomic mass is 9.97. The molecule has 1 aliphatic heterocycles. The molecule has 2 unspecified atom stereocenters. The number of aromatic nitrogens is 1. The number of hydrogen-bond acceptors (Lipinski definition) is 6. The number of fused-ring (bicyclic) bond motifs is 1. The van der Waals surface area contributed by atoms with E-state index in [1.165, 1.54) is 18.3 Å². The first-order valence-electron chi connectivity index (χ1n) is 13.3. The van der Waals surface area contributed by atoms with Crippen molar-refractivity contribution in [2.45, 2.75) is 64.8 Å². The quantitative estimate of drug-likeness (QED) is 0.317. The van der Waals surface area contributed by atoms with Crippen molar-refractivity contribution in [2.24, 2.45) is 5.92 Å². The third kappa shape index (κ3) is 6.55. The number of amides is 1. The second-order valence-electron chi connectivity index (χ2n) is 10.8. The SMILES string of the molecule is CC(=O)Cc1nc(C)c(C(=O)N[C@@H](C)c2ccc(CN3Cc4ccc(OCC5CC5(F)F)cc4C(F)C3)cc2)s1. The lowest BCUT2D eigenvalue weighted by Gasteiger charge is -2.31. The zero-order valence-corrected chi connectivity index (χ0v) is 23.5. The molecule has 0 radical (unpaired) electrons. The zero-order valence-electron chi connectivity index (χ0n) is 22.7. The Bertz CT molecular complexity index is 1410. The molecule has 1 amide bonds. The van der Waals surface area contributed by atoms with Crippen molar-refractivity contribution in [1.29, 1.82) is 0 Å². The maximum atomic E-state index is 15.1. The maximum Gasteiger partial charge on any atom is 0.263 e. The summed E-state index contributed by atoms with van der Waals surface area (Å²) in [6.07, 6.45) is -1.12. The number of Topliss-reactive ketones (excluding diaryl/α,β-unsaturated/α-hetero) is 1. The van der Waals surface area contributed by atoms with E-state index in [0.717, 1.165) is 16.7 Å². The van der Waals surface area contributed by atoms with E-state index in [1.54, 1.807) is 19.1 Å². The normalized spacial score (nSPS) is 20.4. The first kappa shape index (κ1) is 28.3. The van der Waals surface area contributed by atoms with Crippen LogP contribution in [-0.4, -0.2) is 40.6 Å². The van der Waals surface area contributed by atoms with E-state index in [4.69, 9.17) is 4.74 Å². The van der Waals surface area contributed by atoms with Crippen LogP contribution in [-0.2, 0) is 24.3 Å². The predicted molar refractivity (Wildman–Crippen MR) is 147 cm³/mol. The molecule has 3 aromatic rings. The molecule has 2 heterocycles. The highest BCUT2D eigenvalue weighted by Crippen LogP contribution is 2.48. The highest BCUT2D eigenvalue weighted by Gasteiger charge is 2.57. The molecular formula is C30H32F3N3O3S. The molecule has 40 heavy (non-hydrogen) atoms. The van der Waals surface area contributed by atoms with Gasteiger partial charge in [0, 0.05) is 26.1 Å². The average Bonchev–Trinajstić information content (AvgIpc) is 3.34. The number of nitrogens with zero attached hydrogens (tertiary/aromatic N) is 2. The number of benzene rings is 2. The van der Waals surface area contributed by atoms with E-state index in [2.05, 4.69) is 10.3 Å². The van der Waals surface area contributed by atoms with Gasteiger partial charge >= 0.3 is 0 Å². The van der Waals surface area contributed by atoms with Crippen LogP contribution < -0.4 is 10.1 Å². The number of alkyl halides is 3. The van der Waals surface area contributed by atoms with E-state index in [-0.39, 0.29) is 43.7 Å². The second-order valence-corrected chi connectivity index (χ2v) is 11.9. The summed E-state index contributed by atoms with van der Waals surface area (Å²) < 4.78 is 46.8. The van der Waals surface area contributed by atoms with Crippen LogP contribution in [0.2, 0.25) is 0 Å². The topological polar surface area (TPSA) is 71.5 Å². The molecule has 1 saturated carbocycles. The van der Waals surface area contributed by atoms with Crippen LogP contribution >= 0.6 is 11.3 Å². The van der Waals surface area contributed by atoms with E-state index in [9.17, 15) is 18.4 Å². The Labute approximate surface area is 235 Å². The number of nitrogens with one attached hydrogen (secondary N) is 1. The van der Waals surface area contributed by atoms with Gasteiger partial charge in [0.15, 0.2) is 0 Å². The Balaban J connectivity index is 1.15. The Morgan fingerprint density at radius 3 is 2.62 bits per heavy atom. The third-order valence-electron chi connectivity index (χ3n) is 7.35. The molecule has 1 aliphatic carbocycles. The van der Waals surface area contributed by atoms with Gasteiger partial charge in [0.1, 0.15) is 27.6 Å². The monoisotopic (exact) mass is 571 g/mol. The molecule has 1 aromatic heterocycles. The van der Waals surface area contributed by atoms with Crippen LogP contribution in [0.5, 0.6) is 5.75 Å². The van der Waals surface area contributed by atoms with E-state index < -0.39 is 18.0 Å². The third-order valence-corrected chi connectivity index (χ3v) is 8.51. The molecule has 0 spiro atoms. The first-order chi connectivity index (χ1) is 19.0. The second kappa shape index (κ2) is 11.3.